The van der Waals surface area contributed by atoms with E-state index in [1.54, 1.807) is 36.4 Å². The van der Waals surface area contributed by atoms with Gasteiger partial charge in [0.25, 0.3) is 5.91 Å². The smallest absolute Gasteiger partial charge is 0.260 e. The van der Waals surface area contributed by atoms with E-state index in [1.807, 2.05) is 0 Å². The first-order valence-corrected chi connectivity index (χ1v) is 8.94. The maximum atomic E-state index is 13.6. The number of para-hydroxylation sites is 1. The lowest BCUT2D eigenvalue weighted by Gasteiger charge is -2.15. The Morgan fingerprint density at radius 1 is 1.03 bits per heavy atom. The summed E-state index contributed by atoms with van der Waals surface area (Å²) >= 11 is 0. The Bertz CT molecular complexity index is 950. The van der Waals surface area contributed by atoms with Crippen LogP contribution in [0.1, 0.15) is 6.92 Å². The topological polar surface area (TPSA) is 73.3 Å². The maximum absolute atomic E-state index is 13.6. The number of nitrogens with zero attached hydrogens (tertiary/aromatic N) is 2. The number of carbonyl (C=O) groups is 1. The molecule has 150 valence electrons. The zero-order chi connectivity index (χ0) is 20.6. The van der Waals surface area contributed by atoms with E-state index in [0.717, 1.165) is 5.56 Å². The number of hydrogen-bond acceptors (Lipinski definition) is 5. The summed E-state index contributed by atoms with van der Waals surface area (Å²) in [6, 6.07) is 15.1. The Morgan fingerprint density at radius 3 is 2.48 bits per heavy atom. The molecule has 1 N–H and O–H groups in total. The van der Waals surface area contributed by atoms with Crippen molar-refractivity contribution in [2.24, 2.45) is 0 Å². The lowest BCUT2D eigenvalue weighted by atomic mass is 10.1. The van der Waals surface area contributed by atoms with Gasteiger partial charge in [-0.15, -0.1) is 10.2 Å². The normalized spacial score (nSPS) is 11.6. The molecule has 0 bridgehead atoms. The molecule has 0 saturated carbocycles. The van der Waals surface area contributed by atoms with Gasteiger partial charge in [0.1, 0.15) is 12.4 Å². The molecular weight excluding hydrogens is 380 g/mol. The number of rotatable bonds is 8. The molecule has 1 heterocycles. The molecule has 0 saturated heterocycles. The average molecular weight is 399 g/mol. The lowest BCUT2D eigenvalue weighted by Crippen LogP contribution is -2.38. The van der Waals surface area contributed by atoms with Crippen LogP contribution < -0.4 is 14.8 Å². The Kier molecular flexibility index (Phi) is 6.67. The second-order valence-corrected chi connectivity index (χ2v) is 6.09. The highest BCUT2D eigenvalue weighted by Gasteiger charge is 2.15. The summed E-state index contributed by atoms with van der Waals surface area (Å²) in [6.45, 7) is 1.91. The highest BCUT2D eigenvalue weighted by Crippen LogP contribution is 2.18. The van der Waals surface area contributed by atoms with Crippen molar-refractivity contribution in [2.75, 3.05) is 13.2 Å². The van der Waals surface area contributed by atoms with Crippen LogP contribution in [0.25, 0.3) is 11.3 Å². The van der Waals surface area contributed by atoms with E-state index in [2.05, 4.69) is 15.5 Å². The van der Waals surface area contributed by atoms with Crippen LogP contribution in [-0.4, -0.2) is 35.4 Å². The lowest BCUT2D eigenvalue weighted by molar-refractivity contribution is -0.127. The van der Waals surface area contributed by atoms with Gasteiger partial charge in [-0.1, -0.05) is 12.1 Å². The van der Waals surface area contributed by atoms with Crippen LogP contribution in [0.5, 0.6) is 11.6 Å². The zero-order valence-electron chi connectivity index (χ0n) is 15.6. The van der Waals surface area contributed by atoms with Crippen molar-refractivity contribution in [2.45, 2.75) is 13.0 Å². The van der Waals surface area contributed by atoms with Gasteiger partial charge in [0, 0.05) is 11.6 Å². The Morgan fingerprint density at radius 2 is 1.79 bits per heavy atom. The highest BCUT2D eigenvalue weighted by molar-refractivity contribution is 5.80. The first kappa shape index (κ1) is 20.2. The van der Waals surface area contributed by atoms with Gasteiger partial charge in [-0.2, -0.15) is 0 Å². The third kappa shape index (κ3) is 5.71. The van der Waals surface area contributed by atoms with Crippen molar-refractivity contribution in [1.29, 1.82) is 0 Å². The van der Waals surface area contributed by atoms with Crippen LogP contribution >= 0.6 is 0 Å². The average Bonchev–Trinajstić information content (AvgIpc) is 2.74. The van der Waals surface area contributed by atoms with E-state index >= 15 is 0 Å². The first-order chi connectivity index (χ1) is 14.0. The van der Waals surface area contributed by atoms with Gasteiger partial charge in [-0.05, 0) is 49.4 Å². The molecule has 3 rings (SSSR count). The first-order valence-electron chi connectivity index (χ1n) is 8.94. The van der Waals surface area contributed by atoms with Crippen LogP contribution in [0.2, 0.25) is 0 Å². The molecule has 1 unspecified atom stereocenters. The van der Waals surface area contributed by atoms with Gasteiger partial charge in [0.2, 0.25) is 5.88 Å². The van der Waals surface area contributed by atoms with Crippen molar-refractivity contribution in [3.8, 4) is 22.9 Å². The van der Waals surface area contributed by atoms with Crippen molar-refractivity contribution >= 4 is 5.91 Å². The van der Waals surface area contributed by atoms with E-state index in [0.29, 0.717) is 11.6 Å². The molecule has 1 atom stereocenters. The van der Waals surface area contributed by atoms with E-state index in [1.165, 1.54) is 31.2 Å². The number of halogens is 2. The Labute approximate surface area is 166 Å². The molecule has 0 radical (unpaired) electrons. The molecule has 8 heteroatoms. The van der Waals surface area contributed by atoms with Crippen LogP contribution in [0.4, 0.5) is 8.78 Å². The minimum atomic E-state index is -0.860. The third-order valence-electron chi connectivity index (χ3n) is 3.94. The number of amides is 1. The van der Waals surface area contributed by atoms with E-state index < -0.39 is 17.8 Å². The molecule has 1 amide bonds. The Hall–Kier alpha value is -3.55. The fourth-order valence-corrected chi connectivity index (χ4v) is 2.43. The minimum Gasteiger partial charge on any atom is -0.478 e. The zero-order valence-corrected chi connectivity index (χ0v) is 15.6. The van der Waals surface area contributed by atoms with Gasteiger partial charge in [-0.3, -0.25) is 4.79 Å². The monoisotopic (exact) mass is 399 g/mol. The second-order valence-electron chi connectivity index (χ2n) is 6.09. The minimum absolute atomic E-state index is 0.0166. The SMILES string of the molecule is CC(Oc1ccccc1F)C(=O)NCCOc1ccc(-c2ccc(F)cc2)nn1. The number of nitrogens with one attached hydrogen (secondary N) is 1. The predicted molar refractivity (Wildman–Crippen MR) is 102 cm³/mol. The highest BCUT2D eigenvalue weighted by atomic mass is 19.1. The van der Waals surface area contributed by atoms with Gasteiger partial charge in [0.05, 0.1) is 12.2 Å². The largest absolute Gasteiger partial charge is 0.478 e. The molecule has 0 fully saturated rings. The van der Waals surface area contributed by atoms with Crippen LogP contribution in [0.15, 0.2) is 60.7 Å². The predicted octanol–water partition coefficient (Wildman–Crippen LogP) is 3.38. The second kappa shape index (κ2) is 9.59. The van der Waals surface area contributed by atoms with Crippen LogP contribution in [0, 0.1) is 11.6 Å². The molecule has 6 nitrogen and oxygen atoms in total. The Balaban J connectivity index is 1.42. The van der Waals surface area contributed by atoms with Crippen LogP contribution in [-0.2, 0) is 4.79 Å². The number of aromatic nitrogens is 2. The van der Waals surface area contributed by atoms with Crippen molar-refractivity contribution in [1.82, 2.24) is 15.5 Å². The standard InChI is InChI=1S/C21H19F2N3O3/c1-14(29-19-5-3-2-4-17(19)23)21(27)24-12-13-28-20-11-10-18(25-26-20)15-6-8-16(22)9-7-15/h2-11,14H,12-13H2,1H3,(H,24,27). The molecule has 0 spiro atoms. The molecule has 3 aromatic rings. The molecule has 0 aliphatic rings. The van der Waals surface area contributed by atoms with Gasteiger partial charge in [-0.25, -0.2) is 8.78 Å². The fourth-order valence-electron chi connectivity index (χ4n) is 2.43. The summed E-state index contributed by atoms with van der Waals surface area (Å²) in [5, 5.41) is 10.6. The quantitative estimate of drug-likeness (QED) is 0.588. The van der Waals surface area contributed by atoms with E-state index in [4.69, 9.17) is 9.47 Å². The molecular formula is C21H19F2N3O3. The number of benzene rings is 2. The van der Waals surface area contributed by atoms with Crippen molar-refractivity contribution < 1.29 is 23.0 Å². The summed E-state index contributed by atoms with van der Waals surface area (Å²) in [4.78, 5) is 12.0. The van der Waals surface area contributed by atoms with Crippen molar-refractivity contribution in [3.05, 3.63) is 72.3 Å². The van der Waals surface area contributed by atoms with Crippen LogP contribution in [0.3, 0.4) is 0 Å². The van der Waals surface area contributed by atoms with Crippen molar-refractivity contribution in [3.63, 3.8) is 0 Å². The molecule has 1 aromatic heterocycles. The summed E-state index contributed by atoms with van der Waals surface area (Å²) in [6.07, 6.45) is -0.860. The maximum Gasteiger partial charge on any atom is 0.260 e. The summed E-state index contributed by atoms with van der Waals surface area (Å²) in [7, 11) is 0. The van der Waals surface area contributed by atoms with Gasteiger partial charge in [0.15, 0.2) is 17.7 Å². The van der Waals surface area contributed by atoms with Gasteiger partial charge < -0.3 is 14.8 Å². The molecule has 29 heavy (non-hydrogen) atoms. The summed E-state index contributed by atoms with van der Waals surface area (Å²) in [5.41, 5.74) is 1.33. The molecule has 0 aliphatic carbocycles. The fraction of sp³-hybridized carbons (Fsp3) is 0.190. The van der Waals surface area contributed by atoms with E-state index in [9.17, 15) is 13.6 Å². The number of hydrogen-bond donors (Lipinski definition) is 1. The molecule has 0 aliphatic heterocycles. The van der Waals surface area contributed by atoms with Gasteiger partial charge >= 0.3 is 0 Å². The third-order valence-corrected chi connectivity index (χ3v) is 3.94. The van der Waals surface area contributed by atoms with E-state index in [-0.39, 0.29) is 24.7 Å². The summed E-state index contributed by atoms with van der Waals surface area (Å²) < 4.78 is 37.3. The summed E-state index contributed by atoms with van der Waals surface area (Å²) in [5.74, 6) is -0.936. The number of carbonyl (C=O) groups excluding carboxylic acids is 1. The number of ether oxygens (including phenoxy) is 2. The molecule has 2 aromatic carbocycles.